The normalized spacial score (nSPS) is 15.7. The first-order chi connectivity index (χ1) is 8.79. The van der Waals surface area contributed by atoms with Gasteiger partial charge in [-0.25, -0.2) is 0 Å². The SMILES string of the molecule is COCCNc1nc(N)nc(N2CCOCC2)n1. The van der Waals surface area contributed by atoms with Gasteiger partial charge in [0.25, 0.3) is 0 Å². The number of nitrogens with zero attached hydrogens (tertiary/aromatic N) is 4. The summed E-state index contributed by atoms with van der Waals surface area (Å²) in [6, 6.07) is 0. The molecule has 0 radical (unpaired) electrons. The van der Waals surface area contributed by atoms with E-state index in [2.05, 4.69) is 20.3 Å². The lowest BCUT2D eigenvalue weighted by molar-refractivity contribution is 0.122. The maximum Gasteiger partial charge on any atom is 0.232 e. The van der Waals surface area contributed by atoms with E-state index in [4.69, 9.17) is 15.2 Å². The molecule has 8 nitrogen and oxygen atoms in total. The molecule has 2 rings (SSSR count). The van der Waals surface area contributed by atoms with Crippen molar-refractivity contribution in [3.8, 4) is 0 Å². The third-order valence-electron chi connectivity index (χ3n) is 2.52. The Morgan fingerprint density at radius 2 is 2.11 bits per heavy atom. The summed E-state index contributed by atoms with van der Waals surface area (Å²) in [7, 11) is 1.64. The first kappa shape index (κ1) is 12.8. The van der Waals surface area contributed by atoms with E-state index in [1.54, 1.807) is 7.11 Å². The number of nitrogens with two attached hydrogens (primary N) is 1. The Balaban J connectivity index is 2.05. The minimum absolute atomic E-state index is 0.214. The van der Waals surface area contributed by atoms with Gasteiger partial charge < -0.3 is 25.4 Å². The molecule has 8 heteroatoms. The average molecular weight is 254 g/mol. The van der Waals surface area contributed by atoms with E-state index in [0.29, 0.717) is 38.3 Å². The maximum atomic E-state index is 5.68. The molecule has 0 saturated carbocycles. The summed E-state index contributed by atoms with van der Waals surface area (Å²) in [5, 5.41) is 3.04. The van der Waals surface area contributed by atoms with Crippen molar-refractivity contribution in [2.75, 3.05) is 62.5 Å². The van der Waals surface area contributed by atoms with Gasteiger partial charge in [-0.05, 0) is 0 Å². The van der Waals surface area contributed by atoms with Crippen LogP contribution in [0.4, 0.5) is 17.8 Å². The number of anilines is 3. The molecule has 0 unspecified atom stereocenters. The van der Waals surface area contributed by atoms with Crippen LogP contribution in [0.5, 0.6) is 0 Å². The van der Waals surface area contributed by atoms with Crippen molar-refractivity contribution in [1.29, 1.82) is 0 Å². The van der Waals surface area contributed by atoms with Gasteiger partial charge in [0.2, 0.25) is 17.8 Å². The lowest BCUT2D eigenvalue weighted by Crippen LogP contribution is -2.37. The van der Waals surface area contributed by atoms with Crippen LogP contribution in [-0.4, -0.2) is 61.5 Å². The van der Waals surface area contributed by atoms with Crippen LogP contribution in [-0.2, 0) is 9.47 Å². The Labute approximate surface area is 106 Å². The van der Waals surface area contributed by atoms with Crippen molar-refractivity contribution < 1.29 is 9.47 Å². The second-order valence-electron chi connectivity index (χ2n) is 3.84. The zero-order valence-electron chi connectivity index (χ0n) is 10.4. The molecule has 18 heavy (non-hydrogen) atoms. The Hall–Kier alpha value is -1.67. The van der Waals surface area contributed by atoms with Gasteiger partial charge >= 0.3 is 0 Å². The summed E-state index contributed by atoms with van der Waals surface area (Å²) in [5.41, 5.74) is 5.68. The molecule has 1 saturated heterocycles. The summed E-state index contributed by atoms with van der Waals surface area (Å²) in [6.07, 6.45) is 0. The van der Waals surface area contributed by atoms with Crippen LogP contribution >= 0.6 is 0 Å². The molecular formula is C10H18N6O2. The summed E-state index contributed by atoms with van der Waals surface area (Å²) < 4.78 is 10.2. The number of rotatable bonds is 5. The molecule has 3 N–H and O–H groups in total. The minimum Gasteiger partial charge on any atom is -0.383 e. The van der Waals surface area contributed by atoms with Crippen LogP contribution in [0.1, 0.15) is 0 Å². The second kappa shape index (κ2) is 6.31. The summed E-state index contributed by atoms with van der Waals surface area (Å²) in [6.45, 7) is 4.10. The van der Waals surface area contributed by atoms with E-state index in [1.807, 2.05) is 4.90 Å². The van der Waals surface area contributed by atoms with Crippen molar-refractivity contribution >= 4 is 17.8 Å². The van der Waals surface area contributed by atoms with E-state index in [1.165, 1.54) is 0 Å². The molecular weight excluding hydrogens is 236 g/mol. The fraction of sp³-hybridized carbons (Fsp3) is 0.700. The van der Waals surface area contributed by atoms with Crippen molar-refractivity contribution in [1.82, 2.24) is 15.0 Å². The summed E-state index contributed by atoms with van der Waals surface area (Å²) >= 11 is 0. The first-order valence-corrected chi connectivity index (χ1v) is 5.86. The van der Waals surface area contributed by atoms with Crippen molar-refractivity contribution in [3.63, 3.8) is 0 Å². The predicted molar refractivity (Wildman–Crippen MR) is 67.6 cm³/mol. The number of aromatic nitrogens is 3. The monoisotopic (exact) mass is 254 g/mol. The molecule has 0 amide bonds. The molecule has 0 spiro atoms. The predicted octanol–water partition coefficient (Wildman–Crippen LogP) is -0.651. The molecule has 100 valence electrons. The zero-order valence-corrected chi connectivity index (χ0v) is 10.4. The van der Waals surface area contributed by atoms with E-state index in [9.17, 15) is 0 Å². The van der Waals surface area contributed by atoms with Crippen LogP contribution in [0.25, 0.3) is 0 Å². The Morgan fingerprint density at radius 3 is 2.83 bits per heavy atom. The third kappa shape index (κ3) is 3.41. The Morgan fingerprint density at radius 1 is 1.33 bits per heavy atom. The number of nitrogens with one attached hydrogen (secondary N) is 1. The highest BCUT2D eigenvalue weighted by Crippen LogP contribution is 2.13. The Kier molecular flexibility index (Phi) is 4.48. The van der Waals surface area contributed by atoms with Crippen LogP contribution < -0.4 is 16.0 Å². The topological polar surface area (TPSA) is 98.4 Å². The average Bonchev–Trinajstić information content (AvgIpc) is 2.39. The van der Waals surface area contributed by atoms with Crippen LogP contribution in [0.3, 0.4) is 0 Å². The molecule has 0 bridgehead atoms. The molecule has 1 aromatic rings. The molecule has 1 aliphatic heterocycles. The highest BCUT2D eigenvalue weighted by atomic mass is 16.5. The standard InChI is InChI=1S/C10H18N6O2/c1-17-5-2-12-9-13-8(11)14-10(15-9)16-3-6-18-7-4-16/h2-7H2,1H3,(H3,11,12,13,14,15). The first-order valence-electron chi connectivity index (χ1n) is 5.86. The van der Waals surface area contributed by atoms with E-state index >= 15 is 0 Å². The molecule has 0 atom stereocenters. The molecule has 2 heterocycles. The fourth-order valence-corrected chi connectivity index (χ4v) is 1.63. The smallest absolute Gasteiger partial charge is 0.232 e. The quantitative estimate of drug-likeness (QED) is 0.669. The summed E-state index contributed by atoms with van der Waals surface area (Å²) in [5.74, 6) is 1.28. The van der Waals surface area contributed by atoms with Gasteiger partial charge in [0, 0.05) is 26.7 Å². The minimum atomic E-state index is 0.214. The van der Waals surface area contributed by atoms with Gasteiger partial charge in [-0.15, -0.1) is 0 Å². The van der Waals surface area contributed by atoms with Gasteiger partial charge in [0.05, 0.1) is 19.8 Å². The van der Waals surface area contributed by atoms with Crippen molar-refractivity contribution in [2.24, 2.45) is 0 Å². The van der Waals surface area contributed by atoms with Gasteiger partial charge in [0.1, 0.15) is 0 Å². The number of morpholine rings is 1. The highest BCUT2D eigenvalue weighted by molar-refractivity contribution is 5.42. The molecule has 1 aliphatic rings. The van der Waals surface area contributed by atoms with Crippen molar-refractivity contribution in [2.45, 2.75) is 0 Å². The fourth-order valence-electron chi connectivity index (χ4n) is 1.63. The molecule has 0 aromatic carbocycles. The number of methoxy groups -OCH3 is 1. The Bertz CT molecular complexity index is 383. The van der Waals surface area contributed by atoms with Gasteiger partial charge in [-0.1, -0.05) is 0 Å². The van der Waals surface area contributed by atoms with Crippen LogP contribution in [0, 0.1) is 0 Å². The van der Waals surface area contributed by atoms with Gasteiger partial charge in [-0.2, -0.15) is 15.0 Å². The van der Waals surface area contributed by atoms with Crippen LogP contribution in [0.15, 0.2) is 0 Å². The zero-order chi connectivity index (χ0) is 12.8. The van der Waals surface area contributed by atoms with E-state index in [0.717, 1.165) is 13.1 Å². The molecule has 0 aliphatic carbocycles. The molecule has 1 fully saturated rings. The molecule has 1 aromatic heterocycles. The summed E-state index contributed by atoms with van der Waals surface area (Å²) in [4.78, 5) is 14.5. The van der Waals surface area contributed by atoms with Crippen LogP contribution in [0.2, 0.25) is 0 Å². The number of hydrogen-bond acceptors (Lipinski definition) is 8. The lowest BCUT2D eigenvalue weighted by atomic mass is 10.4. The number of ether oxygens (including phenoxy) is 2. The second-order valence-corrected chi connectivity index (χ2v) is 3.84. The van der Waals surface area contributed by atoms with Gasteiger partial charge in [-0.3, -0.25) is 0 Å². The van der Waals surface area contributed by atoms with E-state index in [-0.39, 0.29) is 5.95 Å². The number of hydrogen-bond donors (Lipinski definition) is 2. The lowest BCUT2D eigenvalue weighted by Gasteiger charge is -2.26. The third-order valence-corrected chi connectivity index (χ3v) is 2.52. The van der Waals surface area contributed by atoms with Crippen molar-refractivity contribution in [3.05, 3.63) is 0 Å². The largest absolute Gasteiger partial charge is 0.383 e. The van der Waals surface area contributed by atoms with E-state index < -0.39 is 0 Å². The maximum absolute atomic E-state index is 5.68. The number of nitrogen functional groups attached to an aromatic ring is 1. The van der Waals surface area contributed by atoms with Gasteiger partial charge in [0.15, 0.2) is 0 Å². The highest BCUT2D eigenvalue weighted by Gasteiger charge is 2.15.